The number of aromatic nitrogens is 2. The Morgan fingerprint density at radius 1 is 0.964 bits per heavy atom. The second-order valence-electron chi connectivity index (χ2n) is 6.04. The van der Waals surface area contributed by atoms with Crippen LogP contribution in [0.4, 0.5) is 5.69 Å². The van der Waals surface area contributed by atoms with Gasteiger partial charge in [-0.05, 0) is 30.4 Å². The van der Waals surface area contributed by atoms with Gasteiger partial charge in [-0.2, -0.15) is 0 Å². The van der Waals surface area contributed by atoms with Gasteiger partial charge >= 0.3 is 0 Å². The monoisotopic (exact) mass is 394 g/mol. The zero-order chi connectivity index (χ0) is 20.1. The number of methoxy groups -OCH3 is 2. The summed E-state index contributed by atoms with van der Waals surface area (Å²) < 4.78 is 10.7. The molecule has 7 heteroatoms. The van der Waals surface area contributed by atoms with E-state index in [-0.39, 0.29) is 0 Å². The highest BCUT2D eigenvalue weighted by atomic mass is 32.1. The van der Waals surface area contributed by atoms with E-state index in [1.807, 2.05) is 35.2 Å². The van der Waals surface area contributed by atoms with E-state index in [0.717, 1.165) is 27.8 Å². The number of nitrogens with one attached hydrogen (secondary N) is 1. The van der Waals surface area contributed by atoms with Gasteiger partial charge < -0.3 is 19.7 Å². The highest BCUT2D eigenvalue weighted by molar-refractivity contribution is 7.80. The molecule has 0 amide bonds. The Bertz CT molecular complexity index is 1040. The Balaban J connectivity index is 1.96. The number of hydrogen-bond donors (Lipinski definition) is 1. The molecule has 6 nitrogen and oxygen atoms in total. The third-order valence-corrected chi connectivity index (χ3v) is 4.54. The van der Waals surface area contributed by atoms with Gasteiger partial charge in [-0.1, -0.05) is 12.2 Å². The molecule has 0 atom stereocenters. The number of anilines is 1. The fourth-order valence-electron chi connectivity index (χ4n) is 2.84. The number of rotatable bonds is 7. The average molecular weight is 395 g/mol. The van der Waals surface area contributed by atoms with Crippen molar-refractivity contribution in [1.29, 1.82) is 0 Å². The predicted octanol–water partition coefficient (Wildman–Crippen LogP) is 4.17. The van der Waals surface area contributed by atoms with Crippen molar-refractivity contribution < 1.29 is 9.47 Å². The van der Waals surface area contributed by atoms with Crippen LogP contribution in [0, 0.1) is 0 Å². The van der Waals surface area contributed by atoms with Gasteiger partial charge in [-0.25, -0.2) is 9.97 Å². The van der Waals surface area contributed by atoms with Gasteiger partial charge in [0, 0.05) is 30.9 Å². The molecule has 0 saturated heterocycles. The van der Waals surface area contributed by atoms with E-state index in [9.17, 15) is 0 Å². The lowest BCUT2D eigenvalue weighted by Crippen LogP contribution is -2.34. The Hall–Kier alpha value is -3.19. The lowest BCUT2D eigenvalue weighted by Gasteiger charge is -2.23. The summed E-state index contributed by atoms with van der Waals surface area (Å²) >= 11 is 5.50. The number of ether oxygens (including phenoxy) is 2. The standard InChI is InChI=1S/C21H22N4O2S/c1-5-9-25(10-6-2)21(28)22-14-7-8-15-16(11-14)24-18-13-20(27-4)19(26-3)12-17(18)23-15/h5-8,11-13H,1-2,9-10H2,3-4H3,(H,22,28). The highest BCUT2D eigenvalue weighted by Gasteiger charge is 2.11. The summed E-state index contributed by atoms with van der Waals surface area (Å²) in [5, 5.41) is 3.84. The van der Waals surface area contributed by atoms with Crippen LogP contribution in [0.15, 0.2) is 55.6 Å². The van der Waals surface area contributed by atoms with E-state index < -0.39 is 0 Å². The summed E-state index contributed by atoms with van der Waals surface area (Å²) in [6, 6.07) is 9.40. The minimum Gasteiger partial charge on any atom is -0.493 e. The van der Waals surface area contributed by atoms with Crippen LogP contribution in [0.2, 0.25) is 0 Å². The zero-order valence-electron chi connectivity index (χ0n) is 15.9. The second-order valence-corrected chi connectivity index (χ2v) is 6.42. The van der Waals surface area contributed by atoms with Crippen molar-refractivity contribution >= 4 is 45.1 Å². The van der Waals surface area contributed by atoms with E-state index in [1.54, 1.807) is 26.4 Å². The summed E-state index contributed by atoms with van der Waals surface area (Å²) in [5.41, 5.74) is 3.84. The Morgan fingerprint density at radius 2 is 1.50 bits per heavy atom. The molecule has 3 rings (SSSR count). The maximum atomic E-state index is 5.50. The van der Waals surface area contributed by atoms with Crippen molar-refractivity contribution in [2.24, 2.45) is 0 Å². The Kier molecular flexibility index (Phi) is 6.06. The van der Waals surface area contributed by atoms with E-state index in [0.29, 0.717) is 29.7 Å². The topological polar surface area (TPSA) is 59.5 Å². The molecule has 0 bridgehead atoms. The first kappa shape index (κ1) is 19.6. The molecular formula is C21H22N4O2S. The molecule has 0 unspecified atom stereocenters. The van der Waals surface area contributed by atoms with Crippen LogP contribution in [0.3, 0.4) is 0 Å². The van der Waals surface area contributed by atoms with Crippen molar-refractivity contribution in [2.45, 2.75) is 0 Å². The number of benzene rings is 2. The minimum atomic E-state index is 0.597. The molecule has 0 aliphatic heterocycles. The van der Waals surface area contributed by atoms with Crippen LogP contribution >= 0.6 is 12.2 Å². The van der Waals surface area contributed by atoms with Crippen LogP contribution in [0.5, 0.6) is 11.5 Å². The largest absolute Gasteiger partial charge is 0.493 e. The maximum absolute atomic E-state index is 5.50. The van der Waals surface area contributed by atoms with E-state index >= 15 is 0 Å². The van der Waals surface area contributed by atoms with E-state index in [1.165, 1.54) is 0 Å². The molecule has 1 N–H and O–H groups in total. The van der Waals surface area contributed by atoms with E-state index in [4.69, 9.17) is 26.7 Å². The van der Waals surface area contributed by atoms with Crippen molar-refractivity contribution in [3.8, 4) is 11.5 Å². The van der Waals surface area contributed by atoms with Gasteiger partial charge in [-0.3, -0.25) is 0 Å². The molecule has 0 radical (unpaired) electrons. The molecule has 0 fully saturated rings. The van der Waals surface area contributed by atoms with Gasteiger partial charge in [0.15, 0.2) is 16.6 Å². The smallest absolute Gasteiger partial charge is 0.173 e. The SMILES string of the molecule is C=CCN(CC=C)C(=S)Nc1ccc2nc3cc(OC)c(OC)cc3nc2c1. The molecule has 144 valence electrons. The number of nitrogens with zero attached hydrogens (tertiary/aromatic N) is 3. The minimum absolute atomic E-state index is 0.597. The summed E-state index contributed by atoms with van der Waals surface area (Å²) in [6.45, 7) is 8.81. The molecule has 0 aliphatic rings. The van der Waals surface area contributed by atoms with Gasteiger partial charge in [0.2, 0.25) is 0 Å². The summed E-state index contributed by atoms with van der Waals surface area (Å²) in [6.07, 6.45) is 3.61. The third-order valence-electron chi connectivity index (χ3n) is 4.18. The molecule has 1 heterocycles. The normalized spacial score (nSPS) is 10.5. The molecule has 0 spiro atoms. The van der Waals surface area contributed by atoms with Crippen LogP contribution in [0.1, 0.15) is 0 Å². The second kappa shape index (κ2) is 8.67. The van der Waals surface area contributed by atoms with Gasteiger partial charge in [0.05, 0.1) is 36.3 Å². The van der Waals surface area contributed by atoms with Gasteiger partial charge in [-0.15, -0.1) is 13.2 Å². The molecule has 3 aromatic rings. The van der Waals surface area contributed by atoms with Crippen molar-refractivity contribution in [3.63, 3.8) is 0 Å². The Morgan fingerprint density at radius 3 is 2.04 bits per heavy atom. The van der Waals surface area contributed by atoms with Crippen molar-refractivity contribution in [1.82, 2.24) is 14.9 Å². The highest BCUT2D eigenvalue weighted by Crippen LogP contribution is 2.31. The molecule has 0 saturated carbocycles. The molecule has 28 heavy (non-hydrogen) atoms. The zero-order valence-corrected chi connectivity index (χ0v) is 16.8. The Labute approximate surface area is 169 Å². The lowest BCUT2D eigenvalue weighted by atomic mass is 10.2. The fraction of sp³-hybridized carbons (Fsp3) is 0.190. The molecule has 0 aliphatic carbocycles. The number of hydrogen-bond acceptors (Lipinski definition) is 5. The summed E-state index contributed by atoms with van der Waals surface area (Å²) in [5.74, 6) is 1.24. The molecule has 1 aromatic heterocycles. The number of thiocarbonyl (C=S) groups is 1. The van der Waals surface area contributed by atoms with Crippen molar-refractivity contribution in [2.75, 3.05) is 32.6 Å². The third kappa shape index (κ3) is 4.04. The van der Waals surface area contributed by atoms with Gasteiger partial charge in [0.1, 0.15) is 0 Å². The predicted molar refractivity (Wildman–Crippen MR) is 118 cm³/mol. The summed E-state index contributed by atoms with van der Waals surface area (Å²) in [7, 11) is 3.19. The molecule has 2 aromatic carbocycles. The van der Waals surface area contributed by atoms with Crippen LogP contribution < -0.4 is 14.8 Å². The molecular weight excluding hydrogens is 372 g/mol. The summed E-state index contributed by atoms with van der Waals surface area (Å²) in [4.78, 5) is 11.4. The van der Waals surface area contributed by atoms with Crippen LogP contribution in [-0.2, 0) is 0 Å². The van der Waals surface area contributed by atoms with Crippen LogP contribution in [0.25, 0.3) is 22.1 Å². The maximum Gasteiger partial charge on any atom is 0.173 e. The first-order valence-corrected chi connectivity index (χ1v) is 9.11. The average Bonchev–Trinajstić information content (AvgIpc) is 2.71. The van der Waals surface area contributed by atoms with E-state index in [2.05, 4.69) is 23.5 Å². The van der Waals surface area contributed by atoms with Crippen LogP contribution in [-0.4, -0.2) is 47.3 Å². The first-order valence-electron chi connectivity index (χ1n) is 8.71. The first-order chi connectivity index (χ1) is 13.6. The fourth-order valence-corrected chi connectivity index (χ4v) is 3.10. The van der Waals surface area contributed by atoms with Crippen molar-refractivity contribution in [3.05, 3.63) is 55.6 Å². The number of fused-ring (bicyclic) bond motifs is 2. The quantitative estimate of drug-likeness (QED) is 0.367. The van der Waals surface area contributed by atoms with Gasteiger partial charge in [0.25, 0.3) is 0 Å². The lowest BCUT2D eigenvalue weighted by molar-refractivity contribution is 0.355.